The third-order valence-corrected chi connectivity index (χ3v) is 7.40. The normalized spacial score (nSPS) is 15.5. The molecule has 0 amide bonds. The number of aryl methyl sites for hydroxylation is 2. The fourth-order valence-electron chi connectivity index (χ4n) is 5.35. The SMILES string of the molecule is Cc1cc(-n2nc3c(c2-n2ccn(-c4ccc5c(cnn5C5CC5)c4F)c2=O)CNCC3)cc(C)c1F. The van der Waals surface area contributed by atoms with Crippen molar-refractivity contribution in [3.05, 3.63) is 87.4 Å². The van der Waals surface area contributed by atoms with Gasteiger partial charge in [-0.3, -0.25) is 13.8 Å². The molecule has 1 N–H and O–H groups in total. The molecule has 1 fully saturated rings. The molecule has 2 aliphatic rings. The van der Waals surface area contributed by atoms with Crippen molar-refractivity contribution in [3.63, 3.8) is 0 Å². The van der Waals surface area contributed by atoms with E-state index in [4.69, 9.17) is 5.10 Å². The Morgan fingerprint density at radius 2 is 1.78 bits per heavy atom. The van der Waals surface area contributed by atoms with E-state index in [2.05, 4.69) is 10.4 Å². The van der Waals surface area contributed by atoms with Crippen LogP contribution in [0.3, 0.4) is 0 Å². The summed E-state index contributed by atoms with van der Waals surface area (Å²) in [5.41, 5.74) is 3.92. The average molecular weight is 502 g/mol. The largest absolute Gasteiger partial charge is 0.338 e. The molecule has 3 aromatic heterocycles. The number of rotatable bonds is 4. The fourth-order valence-corrected chi connectivity index (χ4v) is 5.35. The smallest absolute Gasteiger partial charge is 0.312 e. The number of imidazole rings is 1. The van der Waals surface area contributed by atoms with E-state index in [0.29, 0.717) is 47.0 Å². The van der Waals surface area contributed by atoms with Gasteiger partial charge in [0.05, 0.1) is 40.2 Å². The summed E-state index contributed by atoms with van der Waals surface area (Å²) < 4.78 is 36.4. The lowest BCUT2D eigenvalue weighted by atomic mass is 10.1. The van der Waals surface area contributed by atoms with Crippen LogP contribution >= 0.6 is 0 Å². The predicted octanol–water partition coefficient (Wildman–Crippen LogP) is 4.04. The van der Waals surface area contributed by atoms with Gasteiger partial charge in [-0.2, -0.15) is 10.2 Å². The Morgan fingerprint density at radius 1 is 1.03 bits per heavy atom. The first-order valence-corrected chi connectivity index (χ1v) is 12.5. The molecule has 7 rings (SSSR count). The maximum Gasteiger partial charge on any atom is 0.338 e. The minimum absolute atomic E-state index is 0.165. The van der Waals surface area contributed by atoms with E-state index in [0.717, 1.165) is 36.2 Å². The summed E-state index contributed by atoms with van der Waals surface area (Å²) in [4.78, 5) is 13.8. The van der Waals surface area contributed by atoms with Gasteiger partial charge in [-0.15, -0.1) is 0 Å². The highest BCUT2D eigenvalue weighted by molar-refractivity contribution is 5.82. The van der Waals surface area contributed by atoms with Gasteiger partial charge in [0.1, 0.15) is 11.6 Å². The van der Waals surface area contributed by atoms with E-state index in [1.165, 1.54) is 15.3 Å². The van der Waals surface area contributed by atoms with Crippen molar-refractivity contribution in [1.82, 2.24) is 34.0 Å². The van der Waals surface area contributed by atoms with Gasteiger partial charge in [0.2, 0.25) is 0 Å². The number of nitrogens with zero attached hydrogens (tertiary/aromatic N) is 6. The van der Waals surface area contributed by atoms with Crippen molar-refractivity contribution in [2.45, 2.75) is 45.7 Å². The molecule has 0 unspecified atom stereocenters. The first kappa shape index (κ1) is 22.2. The van der Waals surface area contributed by atoms with Crippen LogP contribution in [-0.4, -0.2) is 35.2 Å². The summed E-state index contributed by atoms with van der Waals surface area (Å²) in [6.07, 6.45) is 7.53. The van der Waals surface area contributed by atoms with Crippen molar-refractivity contribution >= 4 is 10.9 Å². The Hall–Kier alpha value is -4.05. The summed E-state index contributed by atoms with van der Waals surface area (Å²) in [6.45, 7) is 4.75. The van der Waals surface area contributed by atoms with Gasteiger partial charge in [0, 0.05) is 37.5 Å². The molecule has 0 saturated heterocycles. The molecule has 1 saturated carbocycles. The Morgan fingerprint density at radius 3 is 2.54 bits per heavy atom. The van der Waals surface area contributed by atoms with E-state index in [-0.39, 0.29) is 11.5 Å². The van der Waals surface area contributed by atoms with Crippen LogP contribution in [0.2, 0.25) is 0 Å². The van der Waals surface area contributed by atoms with Crippen LogP contribution in [0.4, 0.5) is 8.78 Å². The highest BCUT2D eigenvalue weighted by atomic mass is 19.1. The summed E-state index contributed by atoms with van der Waals surface area (Å²) in [5, 5.41) is 12.9. The topological polar surface area (TPSA) is 74.6 Å². The molecule has 188 valence electrons. The fraction of sp³-hybridized carbons (Fsp3) is 0.296. The molecule has 1 aliphatic heterocycles. The van der Waals surface area contributed by atoms with Crippen LogP contribution in [0.5, 0.6) is 0 Å². The molecular weight excluding hydrogens is 476 g/mol. The van der Waals surface area contributed by atoms with Crippen LogP contribution < -0.4 is 11.0 Å². The highest BCUT2D eigenvalue weighted by Gasteiger charge is 2.28. The number of halogens is 2. The van der Waals surface area contributed by atoms with Crippen molar-refractivity contribution in [3.8, 4) is 17.2 Å². The number of hydrogen-bond donors (Lipinski definition) is 1. The monoisotopic (exact) mass is 501 g/mol. The zero-order chi connectivity index (χ0) is 25.4. The summed E-state index contributed by atoms with van der Waals surface area (Å²) >= 11 is 0. The second kappa shape index (κ2) is 7.97. The maximum absolute atomic E-state index is 15.6. The molecule has 2 aromatic carbocycles. The Balaban J connectivity index is 1.40. The lowest BCUT2D eigenvalue weighted by Gasteiger charge is -2.14. The molecule has 1 aliphatic carbocycles. The molecule has 0 radical (unpaired) electrons. The van der Waals surface area contributed by atoms with Crippen LogP contribution in [0, 0.1) is 25.5 Å². The quantitative estimate of drug-likeness (QED) is 0.404. The zero-order valence-corrected chi connectivity index (χ0v) is 20.5. The molecule has 10 heteroatoms. The molecule has 0 spiro atoms. The van der Waals surface area contributed by atoms with Crippen LogP contribution in [-0.2, 0) is 13.0 Å². The van der Waals surface area contributed by atoms with E-state index >= 15 is 4.39 Å². The van der Waals surface area contributed by atoms with Gasteiger partial charge in [0.15, 0.2) is 5.82 Å². The van der Waals surface area contributed by atoms with E-state index < -0.39 is 11.5 Å². The van der Waals surface area contributed by atoms with E-state index in [1.54, 1.807) is 49.1 Å². The first-order chi connectivity index (χ1) is 17.9. The van der Waals surface area contributed by atoms with Gasteiger partial charge in [0.25, 0.3) is 0 Å². The summed E-state index contributed by atoms with van der Waals surface area (Å²) in [5.74, 6) is -0.172. The third-order valence-electron chi connectivity index (χ3n) is 7.40. The molecular formula is C27H25F2N7O. The van der Waals surface area contributed by atoms with Crippen LogP contribution in [0.15, 0.2) is 47.7 Å². The van der Waals surface area contributed by atoms with Crippen LogP contribution in [0.1, 0.15) is 41.3 Å². The maximum atomic E-state index is 15.6. The lowest BCUT2D eigenvalue weighted by Crippen LogP contribution is -2.27. The van der Waals surface area contributed by atoms with E-state index in [9.17, 15) is 9.18 Å². The number of fused-ring (bicyclic) bond motifs is 2. The Labute approximate surface area is 210 Å². The summed E-state index contributed by atoms with van der Waals surface area (Å²) in [6, 6.07) is 7.23. The van der Waals surface area contributed by atoms with Gasteiger partial charge >= 0.3 is 5.69 Å². The predicted molar refractivity (Wildman–Crippen MR) is 135 cm³/mol. The molecule has 37 heavy (non-hydrogen) atoms. The second-order valence-corrected chi connectivity index (χ2v) is 9.95. The van der Waals surface area contributed by atoms with Gasteiger partial charge in [-0.05, 0) is 62.1 Å². The molecule has 5 aromatic rings. The highest BCUT2D eigenvalue weighted by Crippen LogP contribution is 2.37. The minimum Gasteiger partial charge on any atom is -0.312 e. The molecule has 4 heterocycles. The van der Waals surface area contributed by atoms with Gasteiger partial charge in [-0.25, -0.2) is 18.3 Å². The number of aromatic nitrogens is 6. The molecule has 0 atom stereocenters. The van der Waals surface area contributed by atoms with Crippen LogP contribution in [0.25, 0.3) is 28.1 Å². The molecule has 0 bridgehead atoms. The Kier molecular flexibility index (Phi) is 4.78. The van der Waals surface area contributed by atoms with Gasteiger partial charge in [-0.1, -0.05) is 0 Å². The van der Waals surface area contributed by atoms with E-state index in [1.807, 2.05) is 10.7 Å². The summed E-state index contributed by atoms with van der Waals surface area (Å²) in [7, 11) is 0. The number of nitrogens with one attached hydrogen (secondary N) is 1. The lowest BCUT2D eigenvalue weighted by molar-refractivity contribution is 0.608. The second-order valence-electron chi connectivity index (χ2n) is 9.95. The van der Waals surface area contributed by atoms with Crippen molar-refractivity contribution in [2.24, 2.45) is 0 Å². The third kappa shape index (κ3) is 3.32. The van der Waals surface area contributed by atoms with Crippen molar-refractivity contribution < 1.29 is 8.78 Å². The standard InChI is InChI=1S/C27H25F2N7O/c1-15-11-18(12-16(2)24(15)28)36-26(19-13-30-8-7-21(19)32-36)34-10-9-33(27(34)37)23-6-5-22-20(25(23)29)14-31-35(22)17-3-4-17/h5-6,9-12,14,17,30H,3-4,7-8,13H2,1-2H3. The first-order valence-electron chi connectivity index (χ1n) is 12.5. The van der Waals surface area contributed by atoms with Gasteiger partial charge < -0.3 is 5.32 Å². The molecule has 8 nitrogen and oxygen atoms in total. The Bertz CT molecular complexity index is 1750. The van der Waals surface area contributed by atoms with Crippen molar-refractivity contribution in [1.29, 1.82) is 0 Å². The number of hydrogen-bond acceptors (Lipinski definition) is 4. The zero-order valence-electron chi connectivity index (χ0n) is 20.5. The number of benzene rings is 2. The average Bonchev–Trinajstić information content (AvgIpc) is 3.36. The minimum atomic E-state index is -0.480. The van der Waals surface area contributed by atoms with Crippen molar-refractivity contribution in [2.75, 3.05) is 6.54 Å².